The molecule has 8 heteroatoms. The molecule has 1 aromatic rings. The van der Waals surface area contributed by atoms with Gasteiger partial charge in [-0.05, 0) is 43.6 Å². The number of likely N-dealkylation sites (tertiary alicyclic amines) is 1. The Bertz CT molecular complexity index is 607. The Labute approximate surface area is 157 Å². The maximum atomic E-state index is 12.4. The van der Waals surface area contributed by atoms with Crippen molar-refractivity contribution in [3.63, 3.8) is 0 Å². The lowest BCUT2D eigenvalue weighted by Gasteiger charge is -2.26. The van der Waals surface area contributed by atoms with E-state index in [0.717, 1.165) is 25.2 Å². The van der Waals surface area contributed by atoms with Gasteiger partial charge in [0.05, 0.1) is 16.5 Å². The second-order valence-electron chi connectivity index (χ2n) is 6.09. The maximum Gasteiger partial charge on any atom is 0.317 e. The highest BCUT2D eigenvalue weighted by Crippen LogP contribution is 2.23. The average Bonchev–Trinajstić information content (AvgIpc) is 3.07. The van der Waals surface area contributed by atoms with Gasteiger partial charge in [0, 0.05) is 26.2 Å². The quantitative estimate of drug-likeness (QED) is 0.718. The fourth-order valence-electron chi connectivity index (χ4n) is 2.77. The second-order valence-corrected chi connectivity index (χ2v) is 6.91. The molecule has 2 N–H and O–H groups in total. The number of carbonyl (C=O) groups excluding carboxylic acids is 1. The standard InChI is InChI=1S/C17H23Cl2N3O3/c18-14-4-3-13(11-15(14)19)12-22(10-9-21-7-1-2-8-21)17(25)20-6-5-16(23)24/h3-4,11H,1-2,5-10,12H2,(H,20,25)(H,23,24). The molecule has 2 rings (SSSR count). The van der Waals surface area contributed by atoms with Crippen molar-refractivity contribution in [2.75, 3.05) is 32.7 Å². The molecule has 0 atom stereocenters. The van der Waals surface area contributed by atoms with Gasteiger partial charge in [0.25, 0.3) is 0 Å². The van der Waals surface area contributed by atoms with Gasteiger partial charge in [-0.15, -0.1) is 0 Å². The first-order valence-corrected chi connectivity index (χ1v) is 9.12. The number of halogens is 2. The smallest absolute Gasteiger partial charge is 0.317 e. The number of nitrogens with zero attached hydrogens (tertiary/aromatic N) is 2. The van der Waals surface area contributed by atoms with Crippen LogP contribution >= 0.6 is 23.2 Å². The molecule has 2 amide bonds. The first-order valence-electron chi connectivity index (χ1n) is 8.36. The average molecular weight is 388 g/mol. The van der Waals surface area contributed by atoms with E-state index < -0.39 is 5.97 Å². The van der Waals surface area contributed by atoms with E-state index in [1.807, 2.05) is 6.07 Å². The number of aliphatic carboxylic acids is 1. The Morgan fingerprint density at radius 1 is 1.20 bits per heavy atom. The molecule has 0 saturated carbocycles. The number of carboxylic acid groups (broad SMARTS) is 1. The monoisotopic (exact) mass is 387 g/mol. The van der Waals surface area contributed by atoms with Gasteiger partial charge < -0.3 is 20.2 Å². The number of nitrogens with one attached hydrogen (secondary N) is 1. The summed E-state index contributed by atoms with van der Waals surface area (Å²) < 4.78 is 0. The molecule has 1 aliphatic rings. The number of hydrogen-bond donors (Lipinski definition) is 2. The van der Waals surface area contributed by atoms with Crippen LogP contribution in [-0.2, 0) is 11.3 Å². The Hall–Kier alpha value is -1.50. The zero-order chi connectivity index (χ0) is 18.2. The Morgan fingerprint density at radius 3 is 2.56 bits per heavy atom. The first kappa shape index (κ1) is 19.8. The maximum absolute atomic E-state index is 12.4. The number of urea groups is 1. The van der Waals surface area contributed by atoms with E-state index in [9.17, 15) is 9.59 Å². The highest BCUT2D eigenvalue weighted by atomic mass is 35.5. The molecule has 6 nitrogen and oxygen atoms in total. The highest BCUT2D eigenvalue weighted by Gasteiger charge is 2.18. The molecular weight excluding hydrogens is 365 g/mol. The summed E-state index contributed by atoms with van der Waals surface area (Å²) in [5.74, 6) is -0.937. The molecule has 0 aliphatic carbocycles. The number of carboxylic acids is 1. The fraction of sp³-hybridized carbons (Fsp3) is 0.529. The zero-order valence-electron chi connectivity index (χ0n) is 14.0. The van der Waals surface area contributed by atoms with Gasteiger partial charge in [-0.1, -0.05) is 29.3 Å². The predicted octanol–water partition coefficient (Wildman–Crippen LogP) is 3.08. The molecule has 0 bridgehead atoms. The molecule has 0 spiro atoms. The summed E-state index contributed by atoms with van der Waals surface area (Å²) in [6.45, 7) is 3.98. The van der Waals surface area contributed by atoms with E-state index in [-0.39, 0.29) is 19.0 Å². The van der Waals surface area contributed by atoms with E-state index in [4.69, 9.17) is 28.3 Å². The second kappa shape index (κ2) is 9.85. The Balaban J connectivity index is 1.97. The summed E-state index contributed by atoms with van der Waals surface area (Å²) >= 11 is 12.0. The Morgan fingerprint density at radius 2 is 1.92 bits per heavy atom. The topological polar surface area (TPSA) is 72.9 Å². The number of carbonyl (C=O) groups is 2. The molecular formula is C17H23Cl2N3O3. The van der Waals surface area contributed by atoms with E-state index >= 15 is 0 Å². The van der Waals surface area contributed by atoms with Gasteiger partial charge in [0.2, 0.25) is 0 Å². The molecule has 1 fully saturated rings. The number of hydrogen-bond acceptors (Lipinski definition) is 3. The van der Waals surface area contributed by atoms with Crippen molar-refractivity contribution in [2.45, 2.75) is 25.8 Å². The molecule has 138 valence electrons. The van der Waals surface area contributed by atoms with E-state index in [1.165, 1.54) is 12.8 Å². The lowest BCUT2D eigenvalue weighted by atomic mass is 10.2. The summed E-state index contributed by atoms with van der Waals surface area (Å²) in [6.07, 6.45) is 2.29. The van der Waals surface area contributed by atoms with Crippen molar-refractivity contribution < 1.29 is 14.7 Å². The molecule has 25 heavy (non-hydrogen) atoms. The van der Waals surface area contributed by atoms with Crippen LogP contribution in [0.1, 0.15) is 24.8 Å². The minimum absolute atomic E-state index is 0.0987. The molecule has 1 aliphatic heterocycles. The van der Waals surface area contributed by atoms with Gasteiger partial charge in [-0.3, -0.25) is 4.79 Å². The molecule has 1 saturated heterocycles. The van der Waals surface area contributed by atoms with Crippen molar-refractivity contribution in [3.05, 3.63) is 33.8 Å². The van der Waals surface area contributed by atoms with Crippen LogP contribution in [-0.4, -0.2) is 59.6 Å². The molecule has 1 aromatic carbocycles. The third-order valence-corrected chi connectivity index (χ3v) is 4.88. The van der Waals surface area contributed by atoms with Gasteiger partial charge >= 0.3 is 12.0 Å². The highest BCUT2D eigenvalue weighted by molar-refractivity contribution is 6.42. The Kier molecular flexibility index (Phi) is 7.81. The number of amides is 2. The van der Waals surface area contributed by atoms with Crippen molar-refractivity contribution in [1.82, 2.24) is 15.1 Å². The predicted molar refractivity (Wildman–Crippen MR) is 98.2 cm³/mol. The largest absolute Gasteiger partial charge is 0.481 e. The SMILES string of the molecule is O=C(O)CCNC(=O)N(CCN1CCCC1)Cc1ccc(Cl)c(Cl)c1. The van der Waals surface area contributed by atoms with Crippen LogP contribution in [0, 0.1) is 0 Å². The summed E-state index contributed by atoms with van der Waals surface area (Å²) in [7, 11) is 0. The van der Waals surface area contributed by atoms with Crippen molar-refractivity contribution in [2.24, 2.45) is 0 Å². The van der Waals surface area contributed by atoms with Crippen LogP contribution in [0.4, 0.5) is 4.79 Å². The lowest BCUT2D eigenvalue weighted by Crippen LogP contribution is -2.43. The third-order valence-electron chi connectivity index (χ3n) is 4.14. The molecule has 0 radical (unpaired) electrons. The summed E-state index contributed by atoms with van der Waals surface area (Å²) in [6, 6.07) is 5.02. The minimum Gasteiger partial charge on any atom is -0.481 e. The van der Waals surface area contributed by atoms with E-state index in [1.54, 1.807) is 17.0 Å². The van der Waals surface area contributed by atoms with Gasteiger partial charge in [0.1, 0.15) is 0 Å². The van der Waals surface area contributed by atoms with Gasteiger partial charge in [-0.25, -0.2) is 4.79 Å². The first-order chi connectivity index (χ1) is 12.0. The fourth-order valence-corrected chi connectivity index (χ4v) is 3.09. The van der Waals surface area contributed by atoms with Crippen molar-refractivity contribution >= 4 is 35.2 Å². The molecule has 0 aromatic heterocycles. The van der Waals surface area contributed by atoms with Crippen LogP contribution in [0.3, 0.4) is 0 Å². The molecule has 1 heterocycles. The number of rotatable bonds is 8. The molecule has 0 unspecified atom stereocenters. The summed E-state index contributed by atoms with van der Waals surface area (Å²) in [4.78, 5) is 27.0. The lowest BCUT2D eigenvalue weighted by molar-refractivity contribution is -0.136. The summed E-state index contributed by atoms with van der Waals surface area (Å²) in [5.41, 5.74) is 0.879. The van der Waals surface area contributed by atoms with Crippen LogP contribution in [0.25, 0.3) is 0 Å². The third kappa shape index (κ3) is 6.72. The van der Waals surface area contributed by atoms with E-state index in [0.29, 0.717) is 23.1 Å². The van der Waals surface area contributed by atoms with Gasteiger partial charge in [-0.2, -0.15) is 0 Å². The summed E-state index contributed by atoms with van der Waals surface area (Å²) in [5, 5.41) is 12.3. The zero-order valence-corrected chi connectivity index (χ0v) is 15.5. The van der Waals surface area contributed by atoms with E-state index in [2.05, 4.69) is 10.2 Å². The van der Waals surface area contributed by atoms with Crippen LogP contribution in [0.15, 0.2) is 18.2 Å². The van der Waals surface area contributed by atoms with Crippen molar-refractivity contribution in [3.8, 4) is 0 Å². The van der Waals surface area contributed by atoms with Crippen LogP contribution in [0.5, 0.6) is 0 Å². The van der Waals surface area contributed by atoms with Crippen LogP contribution < -0.4 is 5.32 Å². The minimum atomic E-state index is -0.937. The van der Waals surface area contributed by atoms with Gasteiger partial charge in [0.15, 0.2) is 0 Å². The van der Waals surface area contributed by atoms with Crippen LogP contribution in [0.2, 0.25) is 10.0 Å². The normalized spacial score (nSPS) is 14.5. The number of benzene rings is 1. The van der Waals surface area contributed by atoms with Crippen molar-refractivity contribution in [1.29, 1.82) is 0 Å².